The van der Waals surface area contributed by atoms with Crippen molar-refractivity contribution in [3.05, 3.63) is 76.4 Å². The Morgan fingerprint density at radius 1 is 1.13 bits per heavy atom. The Morgan fingerprint density at radius 3 is 2.79 bits per heavy atom. The molecule has 0 saturated carbocycles. The number of nitrogens with zero attached hydrogens (tertiary/aromatic N) is 2. The molecule has 3 N–H and O–H groups in total. The molecule has 10 heteroatoms. The van der Waals surface area contributed by atoms with E-state index in [1.807, 2.05) is 46.5 Å². The molecule has 0 radical (unpaired) electrons. The number of amides is 1. The summed E-state index contributed by atoms with van der Waals surface area (Å²) in [6.07, 6.45) is 4.54. The van der Waals surface area contributed by atoms with Crippen LogP contribution in [0.15, 0.2) is 60.2 Å². The van der Waals surface area contributed by atoms with E-state index in [0.717, 1.165) is 22.2 Å². The first-order chi connectivity index (χ1) is 18.6. The summed E-state index contributed by atoms with van der Waals surface area (Å²) in [6, 6.07) is 14.1. The lowest BCUT2D eigenvalue weighted by Gasteiger charge is -2.11. The fourth-order valence-corrected chi connectivity index (χ4v) is 5.19. The molecule has 0 fully saturated rings. The predicted octanol–water partition coefficient (Wildman–Crippen LogP) is 5.20. The topological polar surface area (TPSA) is 110 Å². The van der Waals surface area contributed by atoms with Crippen molar-refractivity contribution >= 4 is 56.5 Å². The molecule has 4 heterocycles. The Bertz CT molecular complexity index is 1570. The van der Waals surface area contributed by atoms with Gasteiger partial charge in [0.1, 0.15) is 5.65 Å². The number of nitrogens with one attached hydrogen (secondary N) is 3. The van der Waals surface area contributed by atoms with Crippen LogP contribution in [-0.2, 0) is 33.8 Å². The predicted molar refractivity (Wildman–Crippen MR) is 150 cm³/mol. The second-order valence-electron chi connectivity index (χ2n) is 8.80. The number of ether oxygens (including phenoxy) is 2. The van der Waals surface area contributed by atoms with Gasteiger partial charge in [0.25, 0.3) is 0 Å². The third-order valence-electron chi connectivity index (χ3n) is 6.40. The van der Waals surface area contributed by atoms with Crippen molar-refractivity contribution in [2.75, 3.05) is 31.5 Å². The smallest absolute Gasteiger partial charge is 0.356 e. The molecule has 0 aliphatic heterocycles. The zero-order valence-electron chi connectivity index (χ0n) is 21.2. The molecule has 0 saturated heterocycles. The first-order valence-corrected chi connectivity index (χ1v) is 13.2. The highest BCUT2D eigenvalue weighted by molar-refractivity contribution is 7.09. The van der Waals surface area contributed by atoms with Gasteiger partial charge in [-0.1, -0.05) is 24.3 Å². The standard InChI is InChI=1S/C28H29N5O4S/c1-36-12-10-24(34)32-25-22-14-19(29-17-20-6-5-13-38-20)16-31-27(22)33(26(25)28(35)37-2)11-9-18-15-30-23-8-4-3-7-21(18)23/h3-8,13-16,29-30H,9-12,17H2,1-2H3,(H,32,34). The van der Waals surface area contributed by atoms with Crippen LogP contribution >= 0.6 is 11.3 Å². The highest BCUT2D eigenvalue weighted by Crippen LogP contribution is 2.33. The minimum absolute atomic E-state index is 0.156. The molecule has 0 aliphatic carbocycles. The van der Waals surface area contributed by atoms with Crippen LogP contribution in [0.5, 0.6) is 0 Å². The highest BCUT2D eigenvalue weighted by atomic mass is 32.1. The summed E-state index contributed by atoms with van der Waals surface area (Å²) in [5.41, 5.74) is 4.20. The van der Waals surface area contributed by atoms with E-state index in [9.17, 15) is 9.59 Å². The van der Waals surface area contributed by atoms with Gasteiger partial charge in [-0.3, -0.25) is 4.79 Å². The number of para-hydroxylation sites is 1. The molecule has 0 aliphatic rings. The van der Waals surface area contributed by atoms with Crippen molar-refractivity contribution in [3.8, 4) is 0 Å². The quantitative estimate of drug-likeness (QED) is 0.202. The lowest BCUT2D eigenvalue weighted by molar-refractivity contribution is -0.117. The van der Waals surface area contributed by atoms with E-state index in [-0.39, 0.29) is 24.6 Å². The van der Waals surface area contributed by atoms with Gasteiger partial charge in [-0.05, 0) is 35.6 Å². The normalized spacial score (nSPS) is 11.2. The third kappa shape index (κ3) is 5.27. The van der Waals surface area contributed by atoms with Gasteiger partial charge in [-0.25, -0.2) is 9.78 Å². The molecule has 5 rings (SSSR count). The summed E-state index contributed by atoms with van der Waals surface area (Å²) in [5, 5.41) is 10.1. The summed E-state index contributed by atoms with van der Waals surface area (Å²) in [7, 11) is 2.88. The molecule has 0 unspecified atom stereocenters. The number of thiophene rings is 1. The van der Waals surface area contributed by atoms with Gasteiger partial charge in [0.2, 0.25) is 5.91 Å². The van der Waals surface area contributed by atoms with Gasteiger partial charge in [-0.2, -0.15) is 0 Å². The minimum Gasteiger partial charge on any atom is -0.464 e. The Kier molecular flexibility index (Phi) is 7.71. The highest BCUT2D eigenvalue weighted by Gasteiger charge is 2.26. The number of hydrogen-bond acceptors (Lipinski definition) is 7. The number of aromatic nitrogens is 3. The number of esters is 1. The molecule has 196 valence electrons. The van der Waals surface area contributed by atoms with Gasteiger partial charge in [-0.15, -0.1) is 11.3 Å². The summed E-state index contributed by atoms with van der Waals surface area (Å²) in [6.45, 7) is 1.38. The first kappa shape index (κ1) is 25.5. The van der Waals surface area contributed by atoms with Crippen molar-refractivity contribution in [3.63, 3.8) is 0 Å². The largest absolute Gasteiger partial charge is 0.464 e. The Morgan fingerprint density at radius 2 is 2.00 bits per heavy atom. The SMILES string of the molecule is COCCC(=O)Nc1c(C(=O)OC)n(CCc2c[nH]c3ccccc23)c2ncc(NCc3cccs3)cc12. The number of rotatable bonds is 11. The maximum atomic E-state index is 13.1. The Labute approximate surface area is 223 Å². The lowest BCUT2D eigenvalue weighted by Crippen LogP contribution is -2.18. The van der Waals surface area contributed by atoms with Gasteiger partial charge in [0.05, 0.1) is 37.7 Å². The van der Waals surface area contributed by atoms with Crippen molar-refractivity contribution in [1.82, 2.24) is 14.5 Å². The molecule has 5 aromatic rings. The molecule has 4 aromatic heterocycles. The number of H-pyrrole nitrogens is 1. The van der Waals surface area contributed by atoms with Crippen LogP contribution in [0.4, 0.5) is 11.4 Å². The van der Waals surface area contributed by atoms with Crippen LogP contribution < -0.4 is 10.6 Å². The number of hydrogen-bond donors (Lipinski definition) is 3. The fraction of sp³-hybridized carbons (Fsp3) is 0.250. The second-order valence-corrected chi connectivity index (χ2v) is 9.83. The second kappa shape index (κ2) is 11.5. The first-order valence-electron chi connectivity index (χ1n) is 12.3. The average Bonchev–Trinajstić information content (AvgIpc) is 3.67. The van der Waals surface area contributed by atoms with Crippen molar-refractivity contribution in [1.29, 1.82) is 0 Å². The maximum absolute atomic E-state index is 13.1. The van der Waals surface area contributed by atoms with E-state index < -0.39 is 5.97 Å². The summed E-state index contributed by atoms with van der Waals surface area (Å²) >= 11 is 1.66. The number of fused-ring (bicyclic) bond motifs is 2. The Balaban J connectivity index is 1.55. The van der Waals surface area contributed by atoms with Crippen molar-refractivity contribution in [2.45, 2.75) is 25.9 Å². The molecule has 1 aromatic carbocycles. The van der Waals surface area contributed by atoms with Crippen molar-refractivity contribution < 1.29 is 19.1 Å². The van der Waals surface area contributed by atoms with E-state index >= 15 is 0 Å². The zero-order valence-corrected chi connectivity index (χ0v) is 22.1. The number of carbonyl (C=O) groups excluding carboxylic acids is 2. The fourth-order valence-electron chi connectivity index (χ4n) is 4.54. The monoisotopic (exact) mass is 531 g/mol. The van der Waals surface area contributed by atoms with Crippen molar-refractivity contribution in [2.24, 2.45) is 0 Å². The van der Waals surface area contributed by atoms with E-state index in [1.54, 1.807) is 24.6 Å². The Hall–Kier alpha value is -4.15. The molecule has 0 bridgehead atoms. The van der Waals surface area contributed by atoms with E-state index in [0.29, 0.717) is 36.2 Å². The van der Waals surface area contributed by atoms with Crippen LogP contribution in [0.1, 0.15) is 27.3 Å². The van der Waals surface area contributed by atoms with Crippen LogP contribution in [0.25, 0.3) is 21.9 Å². The third-order valence-corrected chi connectivity index (χ3v) is 7.28. The van der Waals surface area contributed by atoms with Crippen LogP contribution in [0.2, 0.25) is 0 Å². The summed E-state index contributed by atoms with van der Waals surface area (Å²) in [4.78, 5) is 35.1. The van der Waals surface area contributed by atoms with E-state index in [2.05, 4.69) is 27.8 Å². The molecule has 1 amide bonds. The number of anilines is 2. The molecule has 9 nitrogen and oxygen atoms in total. The van der Waals surface area contributed by atoms with Gasteiger partial charge in [0, 0.05) is 47.6 Å². The number of aromatic amines is 1. The van der Waals surface area contributed by atoms with Crippen LogP contribution in [-0.4, -0.2) is 47.2 Å². The number of aryl methyl sites for hydroxylation is 2. The number of pyridine rings is 1. The van der Waals surface area contributed by atoms with E-state index in [1.165, 1.54) is 12.0 Å². The van der Waals surface area contributed by atoms with Gasteiger partial charge >= 0.3 is 5.97 Å². The van der Waals surface area contributed by atoms with E-state index in [4.69, 9.17) is 14.5 Å². The number of carbonyl (C=O) groups is 2. The molecule has 38 heavy (non-hydrogen) atoms. The molecule has 0 spiro atoms. The number of benzene rings is 1. The average molecular weight is 532 g/mol. The molecular formula is C28H29N5O4S. The maximum Gasteiger partial charge on any atom is 0.356 e. The van der Waals surface area contributed by atoms with Gasteiger partial charge < -0.3 is 29.7 Å². The molecule has 0 atom stereocenters. The van der Waals surface area contributed by atoms with Crippen LogP contribution in [0, 0.1) is 0 Å². The number of methoxy groups -OCH3 is 2. The zero-order chi connectivity index (χ0) is 26.5. The van der Waals surface area contributed by atoms with Gasteiger partial charge in [0.15, 0.2) is 5.69 Å². The lowest BCUT2D eigenvalue weighted by atomic mass is 10.1. The summed E-state index contributed by atoms with van der Waals surface area (Å²) < 4.78 is 12.1. The molecular weight excluding hydrogens is 502 g/mol. The summed E-state index contributed by atoms with van der Waals surface area (Å²) in [5.74, 6) is -0.804. The minimum atomic E-state index is -0.544. The van der Waals surface area contributed by atoms with Crippen LogP contribution in [0.3, 0.4) is 0 Å².